The van der Waals surface area contributed by atoms with Crippen molar-refractivity contribution in [3.8, 4) is 0 Å². The minimum Gasteiger partial charge on any atom is -0.288 e. The fourth-order valence-corrected chi connectivity index (χ4v) is 1.45. The minimum absolute atomic E-state index is 0.810. The van der Waals surface area contributed by atoms with E-state index >= 15 is 0 Å². The molecule has 0 fully saturated rings. The van der Waals surface area contributed by atoms with Gasteiger partial charge in [0.1, 0.15) is 0 Å². The maximum atomic E-state index is 4.26. The molecule has 0 unspecified atom stereocenters. The largest absolute Gasteiger partial charge is 0.288 e. The summed E-state index contributed by atoms with van der Waals surface area (Å²) in [5.41, 5.74) is 3.95. The number of aliphatic imine (C=N–C) groups is 1. The topological polar surface area (TPSA) is 12.4 Å². The monoisotopic (exact) mass is 157 g/mol. The molecule has 0 bridgehead atoms. The van der Waals surface area contributed by atoms with Crippen molar-refractivity contribution in [1.29, 1.82) is 0 Å². The zero-order valence-electron chi connectivity index (χ0n) is 7.12. The SMILES string of the molecule is CC1=CC=NCc2ccccc21. The Morgan fingerprint density at radius 3 is 3.00 bits per heavy atom. The van der Waals surface area contributed by atoms with Gasteiger partial charge in [-0.25, -0.2) is 0 Å². The third kappa shape index (κ3) is 1.18. The predicted molar refractivity (Wildman–Crippen MR) is 52.3 cm³/mol. The van der Waals surface area contributed by atoms with Crippen molar-refractivity contribution in [3.63, 3.8) is 0 Å². The molecule has 0 spiro atoms. The molecular formula is C11H11N. The number of fused-ring (bicyclic) bond motifs is 1. The van der Waals surface area contributed by atoms with Crippen molar-refractivity contribution in [2.45, 2.75) is 13.5 Å². The van der Waals surface area contributed by atoms with E-state index in [0.717, 1.165) is 6.54 Å². The summed E-state index contributed by atoms with van der Waals surface area (Å²) in [6, 6.07) is 8.42. The molecule has 0 radical (unpaired) electrons. The Morgan fingerprint density at radius 2 is 2.08 bits per heavy atom. The Bertz CT molecular complexity index is 348. The first-order chi connectivity index (χ1) is 5.88. The summed E-state index contributed by atoms with van der Waals surface area (Å²) < 4.78 is 0. The van der Waals surface area contributed by atoms with E-state index in [-0.39, 0.29) is 0 Å². The fourth-order valence-electron chi connectivity index (χ4n) is 1.45. The minimum atomic E-state index is 0.810. The highest BCUT2D eigenvalue weighted by Crippen LogP contribution is 2.20. The lowest BCUT2D eigenvalue weighted by molar-refractivity contribution is 1.07. The Balaban J connectivity index is 2.58. The summed E-state index contributed by atoms with van der Waals surface area (Å²) in [4.78, 5) is 4.26. The van der Waals surface area contributed by atoms with Gasteiger partial charge in [-0.3, -0.25) is 4.99 Å². The number of benzene rings is 1. The maximum absolute atomic E-state index is 4.26. The Labute approximate surface area is 72.5 Å². The molecule has 1 aromatic carbocycles. The Kier molecular flexibility index (Phi) is 1.78. The molecule has 1 aliphatic heterocycles. The zero-order valence-corrected chi connectivity index (χ0v) is 7.12. The van der Waals surface area contributed by atoms with E-state index < -0.39 is 0 Å². The second kappa shape index (κ2) is 2.94. The van der Waals surface area contributed by atoms with Crippen LogP contribution in [0.3, 0.4) is 0 Å². The first-order valence-corrected chi connectivity index (χ1v) is 4.13. The van der Waals surface area contributed by atoms with Gasteiger partial charge in [0.15, 0.2) is 0 Å². The maximum Gasteiger partial charge on any atom is 0.0645 e. The predicted octanol–water partition coefficient (Wildman–Crippen LogP) is 2.67. The molecule has 0 aromatic heterocycles. The third-order valence-electron chi connectivity index (χ3n) is 2.13. The van der Waals surface area contributed by atoms with Gasteiger partial charge in [-0.1, -0.05) is 24.3 Å². The van der Waals surface area contributed by atoms with Crippen LogP contribution in [0.4, 0.5) is 0 Å². The third-order valence-corrected chi connectivity index (χ3v) is 2.13. The van der Waals surface area contributed by atoms with Crippen molar-refractivity contribution in [2.75, 3.05) is 0 Å². The van der Waals surface area contributed by atoms with Crippen LogP contribution in [0.5, 0.6) is 0 Å². The molecule has 12 heavy (non-hydrogen) atoms. The molecule has 0 saturated carbocycles. The molecule has 60 valence electrons. The van der Waals surface area contributed by atoms with Crippen LogP contribution in [-0.4, -0.2) is 6.21 Å². The van der Waals surface area contributed by atoms with Crippen LogP contribution in [0, 0.1) is 0 Å². The van der Waals surface area contributed by atoms with E-state index in [2.05, 4.69) is 42.3 Å². The van der Waals surface area contributed by atoms with E-state index in [1.54, 1.807) is 0 Å². The molecule has 0 atom stereocenters. The van der Waals surface area contributed by atoms with Gasteiger partial charge in [0, 0.05) is 6.21 Å². The molecule has 1 heteroatoms. The van der Waals surface area contributed by atoms with Gasteiger partial charge in [0.2, 0.25) is 0 Å². The molecular weight excluding hydrogens is 146 g/mol. The zero-order chi connectivity index (χ0) is 8.39. The first kappa shape index (κ1) is 7.29. The molecule has 0 aliphatic carbocycles. The lowest BCUT2D eigenvalue weighted by Crippen LogP contribution is -1.87. The van der Waals surface area contributed by atoms with Crippen LogP contribution in [-0.2, 0) is 6.54 Å². The highest BCUT2D eigenvalue weighted by molar-refractivity contribution is 5.85. The molecule has 2 rings (SSSR count). The summed E-state index contributed by atoms with van der Waals surface area (Å²) in [5.74, 6) is 0. The van der Waals surface area contributed by atoms with Crippen molar-refractivity contribution in [2.24, 2.45) is 4.99 Å². The van der Waals surface area contributed by atoms with Gasteiger partial charge in [-0.15, -0.1) is 0 Å². The van der Waals surface area contributed by atoms with Gasteiger partial charge in [-0.05, 0) is 29.7 Å². The van der Waals surface area contributed by atoms with Gasteiger partial charge in [0.05, 0.1) is 6.54 Å². The van der Waals surface area contributed by atoms with Crippen molar-refractivity contribution < 1.29 is 0 Å². The molecule has 1 aliphatic rings. The van der Waals surface area contributed by atoms with Crippen molar-refractivity contribution in [3.05, 3.63) is 41.5 Å². The van der Waals surface area contributed by atoms with Gasteiger partial charge in [0.25, 0.3) is 0 Å². The quantitative estimate of drug-likeness (QED) is 0.549. The lowest BCUT2D eigenvalue weighted by atomic mass is 10.0. The molecule has 1 aromatic rings. The second-order valence-corrected chi connectivity index (χ2v) is 3.00. The van der Waals surface area contributed by atoms with Crippen LogP contribution in [0.1, 0.15) is 18.1 Å². The normalized spacial score (nSPS) is 14.9. The van der Waals surface area contributed by atoms with Crippen LogP contribution >= 0.6 is 0 Å². The Hall–Kier alpha value is -1.37. The molecule has 1 nitrogen and oxygen atoms in total. The van der Waals surface area contributed by atoms with Crippen molar-refractivity contribution in [1.82, 2.24) is 0 Å². The summed E-state index contributed by atoms with van der Waals surface area (Å²) in [5, 5.41) is 0. The smallest absolute Gasteiger partial charge is 0.0645 e. The Morgan fingerprint density at radius 1 is 1.25 bits per heavy atom. The fraction of sp³-hybridized carbons (Fsp3) is 0.182. The van der Waals surface area contributed by atoms with Gasteiger partial charge in [-0.2, -0.15) is 0 Å². The summed E-state index contributed by atoms with van der Waals surface area (Å²) in [6.45, 7) is 2.93. The molecule has 0 saturated heterocycles. The highest BCUT2D eigenvalue weighted by atomic mass is 14.7. The summed E-state index contributed by atoms with van der Waals surface area (Å²) in [6.07, 6.45) is 3.95. The number of allylic oxidation sites excluding steroid dienone is 2. The molecule has 0 amide bonds. The highest BCUT2D eigenvalue weighted by Gasteiger charge is 2.03. The second-order valence-electron chi connectivity index (χ2n) is 3.00. The number of rotatable bonds is 0. The van der Waals surface area contributed by atoms with Crippen LogP contribution in [0.15, 0.2) is 35.3 Å². The van der Waals surface area contributed by atoms with E-state index in [0.29, 0.717) is 0 Å². The van der Waals surface area contributed by atoms with Crippen LogP contribution in [0.25, 0.3) is 5.57 Å². The van der Waals surface area contributed by atoms with Crippen LogP contribution in [0.2, 0.25) is 0 Å². The van der Waals surface area contributed by atoms with Crippen molar-refractivity contribution >= 4 is 11.8 Å². The number of nitrogens with zero attached hydrogens (tertiary/aromatic N) is 1. The molecule has 1 heterocycles. The van der Waals surface area contributed by atoms with Crippen LogP contribution < -0.4 is 0 Å². The van der Waals surface area contributed by atoms with E-state index in [1.165, 1.54) is 16.7 Å². The standard InChI is InChI=1S/C11H11N/c1-9-6-7-12-8-10-4-2-3-5-11(9)10/h2-7H,8H2,1H3. The van der Waals surface area contributed by atoms with Gasteiger partial charge < -0.3 is 0 Å². The number of hydrogen-bond acceptors (Lipinski definition) is 1. The average molecular weight is 157 g/mol. The average Bonchev–Trinajstić information content (AvgIpc) is 2.29. The van der Waals surface area contributed by atoms with Gasteiger partial charge >= 0.3 is 0 Å². The number of hydrogen-bond donors (Lipinski definition) is 0. The van der Waals surface area contributed by atoms with E-state index in [1.807, 2.05) is 6.21 Å². The van der Waals surface area contributed by atoms with E-state index in [9.17, 15) is 0 Å². The van der Waals surface area contributed by atoms with E-state index in [4.69, 9.17) is 0 Å². The summed E-state index contributed by atoms with van der Waals surface area (Å²) >= 11 is 0. The summed E-state index contributed by atoms with van der Waals surface area (Å²) in [7, 11) is 0. The molecule has 0 N–H and O–H groups in total. The lowest BCUT2D eigenvalue weighted by Gasteiger charge is -2.04. The first-order valence-electron chi connectivity index (χ1n) is 4.13.